The first-order chi connectivity index (χ1) is 9.10. The van der Waals surface area contributed by atoms with E-state index < -0.39 is 11.7 Å². The van der Waals surface area contributed by atoms with Crippen molar-refractivity contribution >= 4 is 11.6 Å². The third-order valence-corrected chi connectivity index (χ3v) is 2.57. The Bertz CT molecular complexity index is 597. The molecule has 1 aromatic heterocycles. The minimum absolute atomic E-state index is 0.00131. The zero-order chi connectivity index (χ0) is 13.8. The highest BCUT2D eigenvalue weighted by Crippen LogP contribution is 2.14. The van der Waals surface area contributed by atoms with Crippen LogP contribution in [0.1, 0.15) is 15.9 Å². The summed E-state index contributed by atoms with van der Waals surface area (Å²) in [6.45, 7) is 1.76. The summed E-state index contributed by atoms with van der Waals surface area (Å²) in [5, 5.41) is 2.57. The number of aromatic nitrogens is 1. The Morgan fingerprint density at radius 2 is 2.11 bits per heavy atom. The maximum atomic E-state index is 13.6. The van der Waals surface area contributed by atoms with E-state index in [2.05, 4.69) is 10.3 Å². The molecular formula is C14H13FN2O2. The number of aryl methyl sites for hydroxylation is 1. The summed E-state index contributed by atoms with van der Waals surface area (Å²) in [6, 6.07) is 7.71. The van der Waals surface area contributed by atoms with E-state index in [4.69, 9.17) is 4.74 Å². The van der Waals surface area contributed by atoms with Crippen LogP contribution in [-0.4, -0.2) is 18.0 Å². The van der Waals surface area contributed by atoms with Crippen molar-refractivity contribution in [1.29, 1.82) is 0 Å². The van der Waals surface area contributed by atoms with Crippen LogP contribution < -0.4 is 10.1 Å². The summed E-state index contributed by atoms with van der Waals surface area (Å²) in [5.41, 5.74) is 1.24. The van der Waals surface area contributed by atoms with Gasteiger partial charge in [-0.05, 0) is 30.7 Å². The molecule has 0 atom stereocenters. The lowest BCUT2D eigenvalue weighted by molar-refractivity contribution is 0.102. The highest BCUT2D eigenvalue weighted by atomic mass is 19.1. The lowest BCUT2D eigenvalue weighted by atomic mass is 10.1. The SMILES string of the molecule is COc1ccc(NC(=O)c2ccc(C)cc2F)cn1. The molecule has 0 bridgehead atoms. The standard InChI is InChI=1S/C14H13FN2O2/c1-9-3-5-11(12(15)7-9)14(18)17-10-4-6-13(19-2)16-8-10/h3-8H,1-2H3,(H,17,18). The molecule has 4 nitrogen and oxygen atoms in total. The van der Waals surface area contributed by atoms with E-state index in [1.807, 2.05) is 0 Å². The number of pyridine rings is 1. The quantitative estimate of drug-likeness (QED) is 0.923. The van der Waals surface area contributed by atoms with Crippen LogP contribution >= 0.6 is 0 Å². The number of halogens is 1. The molecule has 0 saturated carbocycles. The monoisotopic (exact) mass is 260 g/mol. The molecular weight excluding hydrogens is 247 g/mol. The highest BCUT2D eigenvalue weighted by molar-refractivity contribution is 6.04. The molecule has 2 rings (SSSR count). The molecule has 1 heterocycles. The van der Waals surface area contributed by atoms with Gasteiger partial charge in [0.05, 0.1) is 24.6 Å². The number of rotatable bonds is 3. The van der Waals surface area contributed by atoms with Crippen LogP contribution in [0.3, 0.4) is 0 Å². The lowest BCUT2D eigenvalue weighted by Gasteiger charge is -2.07. The zero-order valence-corrected chi connectivity index (χ0v) is 10.6. The van der Waals surface area contributed by atoms with Crippen molar-refractivity contribution in [1.82, 2.24) is 4.98 Å². The van der Waals surface area contributed by atoms with E-state index in [1.54, 1.807) is 25.1 Å². The fourth-order valence-corrected chi connectivity index (χ4v) is 1.58. The van der Waals surface area contributed by atoms with E-state index >= 15 is 0 Å². The number of ether oxygens (including phenoxy) is 1. The van der Waals surface area contributed by atoms with Gasteiger partial charge in [-0.15, -0.1) is 0 Å². The fourth-order valence-electron chi connectivity index (χ4n) is 1.58. The summed E-state index contributed by atoms with van der Waals surface area (Å²) < 4.78 is 18.5. The van der Waals surface area contributed by atoms with Gasteiger partial charge in [-0.2, -0.15) is 0 Å². The molecule has 1 aromatic carbocycles. The molecule has 0 unspecified atom stereocenters. The second kappa shape index (κ2) is 5.48. The van der Waals surface area contributed by atoms with Crippen molar-refractivity contribution in [3.63, 3.8) is 0 Å². The maximum absolute atomic E-state index is 13.6. The molecule has 0 radical (unpaired) electrons. The van der Waals surface area contributed by atoms with E-state index in [1.165, 1.54) is 25.4 Å². The van der Waals surface area contributed by atoms with Crippen LogP contribution in [0.2, 0.25) is 0 Å². The van der Waals surface area contributed by atoms with Crippen molar-refractivity contribution < 1.29 is 13.9 Å². The molecule has 5 heteroatoms. The van der Waals surface area contributed by atoms with Gasteiger partial charge in [0.25, 0.3) is 5.91 Å². The Balaban J connectivity index is 2.15. The number of hydrogen-bond donors (Lipinski definition) is 1. The molecule has 2 aromatic rings. The van der Waals surface area contributed by atoms with Crippen LogP contribution in [0.15, 0.2) is 36.5 Å². The van der Waals surface area contributed by atoms with Gasteiger partial charge in [-0.1, -0.05) is 6.07 Å². The smallest absolute Gasteiger partial charge is 0.258 e. The zero-order valence-electron chi connectivity index (χ0n) is 10.6. The number of carbonyl (C=O) groups excluding carboxylic acids is 1. The largest absolute Gasteiger partial charge is 0.481 e. The van der Waals surface area contributed by atoms with Crippen molar-refractivity contribution in [3.05, 3.63) is 53.5 Å². The third-order valence-electron chi connectivity index (χ3n) is 2.57. The van der Waals surface area contributed by atoms with Crippen LogP contribution in [0.4, 0.5) is 10.1 Å². The molecule has 1 amide bonds. The Morgan fingerprint density at radius 1 is 1.32 bits per heavy atom. The van der Waals surface area contributed by atoms with E-state index in [-0.39, 0.29) is 5.56 Å². The maximum Gasteiger partial charge on any atom is 0.258 e. The van der Waals surface area contributed by atoms with Gasteiger partial charge in [-0.25, -0.2) is 9.37 Å². The molecule has 0 fully saturated rings. The number of carbonyl (C=O) groups is 1. The average molecular weight is 260 g/mol. The summed E-state index contributed by atoms with van der Waals surface area (Å²) in [5.74, 6) is -0.608. The summed E-state index contributed by atoms with van der Waals surface area (Å²) in [6.07, 6.45) is 1.45. The first-order valence-corrected chi connectivity index (χ1v) is 5.67. The minimum atomic E-state index is -0.543. The van der Waals surface area contributed by atoms with E-state index in [0.717, 1.165) is 5.56 Å². The second-order valence-electron chi connectivity index (χ2n) is 4.03. The molecule has 0 aliphatic heterocycles. The molecule has 0 aliphatic rings. The Kier molecular flexibility index (Phi) is 3.75. The third kappa shape index (κ3) is 3.07. The van der Waals surface area contributed by atoms with E-state index in [0.29, 0.717) is 11.6 Å². The van der Waals surface area contributed by atoms with Crippen molar-refractivity contribution in [2.75, 3.05) is 12.4 Å². The van der Waals surface area contributed by atoms with Crippen LogP contribution in [0.25, 0.3) is 0 Å². The van der Waals surface area contributed by atoms with Gasteiger partial charge in [0, 0.05) is 6.07 Å². The molecule has 0 spiro atoms. The van der Waals surface area contributed by atoms with Crippen LogP contribution in [0, 0.1) is 12.7 Å². The first-order valence-electron chi connectivity index (χ1n) is 5.67. The topological polar surface area (TPSA) is 51.2 Å². The number of benzene rings is 1. The van der Waals surface area contributed by atoms with Crippen molar-refractivity contribution in [3.8, 4) is 5.88 Å². The van der Waals surface area contributed by atoms with Crippen LogP contribution in [0.5, 0.6) is 5.88 Å². The second-order valence-corrected chi connectivity index (χ2v) is 4.03. The van der Waals surface area contributed by atoms with Gasteiger partial charge in [0.2, 0.25) is 5.88 Å². The predicted molar refractivity (Wildman–Crippen MR) is 69.9 cm³/mol. The first kappa shape index (κ1) is 13.0. The molecule has 1 N–H and O–H groups in total. The number of methoxy groups -OCH3 is 1. The lowest BCUT2D eigenvalue weighted by Crippen LogP contribution is -2.14. The molecule has 98 valence electrons. The summed E-state index contributed by atoms with van der Waals surface area (Å²) >= 11 is 0. The van der Waals surface area contributed by atoms with E-state index in [9.17, 15) is 9.18 Å². The van der Waals surface area contributed by atoms with Crippen molar-refractivity contribution in [2.45, 2.75) is 6.92 Å². The van der Waals surface area contributed by atoms with Crippen molar-refractivity contribution in [2.24, 2.45) is 0 Å². The number of hydrogen-bond acceptors (Lipinski definition) is 3. The summed E-state index contributed by atoms with van der Waals surface area (Å²) in [4.78, 5) is 15.8. The number of amides is 1. The molecule has 0 saturated heterocycles. The fraction of sp³-hybridized carbons (Fsp3) is 0.143. The normalized spacial score (nSPS) is 10.1. The van der Waals surface area contributed by atoms with Gasteiger partial charge in [0.15, 0.2) is 0 Å². The molecule has 0 aliphatic carbocycles. The Hall–Kier alpha value is -2.43. The van der Waals surface area contributed by atoms with Crippen LogP contribution in [-0.2, 0) is 0 Å². The summed E-state index contributed by atoms with van der Waals surface area (Å²) in [7, 11) is 1.50. The van der Waals surface area contributed by atoms with Gasteiger partial charge >= 0.3 is 0 Å². The Morgan fingerprint density at radius 3 is 2.68 bits per heavy atom. The van der Waals surface area contributed by atoms with Gasteiger partial charge in [0.1, 0.15) is 5.82 Å². The van der Waals surface area contributed by atoms with Gasteiger partial charge in [-0.3, -0.25) is 4.79 Å². The molecule has 19 heavy (non-hydrogen) atoms. The minimum Gasteiger partial charge on any atom is -0.481 e. The number of anilines is 1. The van der Waals surface area contributed by atoms with Gasteiger partial charge < -0.3 is 10.1 Å². The predicted octanol–water partition coefficient (Wildman–Crippen LogP) is 2.79. The average Bonchev–Trinajstić information content (AvgIpc) is 2.39. The number of nitrogens with zero attached hydrogens (tertiary/aromatic N) is 1. The number of nitrogens with one attached hydrogen (secondary N) is 1. The highest BCUT2D eigenvalue weighted by Gasteiger charge is 2.11. The Labute approximate surface area is 110 Å².